The molecule has 0 unspecified atom stereocenters. The largest absolute Gasteiger partial charge is 0.488 e. The molecular weight excluding hydrogens is 284 g/mol. The van der Waals surface area contributed by atoms with Gasteiger partial charge in [0.05, 0.1) is 10.0 Å². The van der Waals surface area contributed by atoms with Crippen LogP contribution in [0.2, 0.25) is 0 Å². The summed E-state index contributed by atoms with van der Waals surface area (Å²) in [7, 11) is 0. The van der Waals surface area contributed by atoms with Gasteiger partial charge < -0.3 is 9.84 Å². The van der Waals surface area contributed by atoms with E-state index in [-0.39, 0.29) is 5.56 Å². The molecule has 4 heteroatoms. The van der Waals surface area contributed by atoms with Crippen molar-refractivity contribution in [1.29, 1.82) is 0 Å². The molecule has 0 spiro atoms. The van der Waals surface area contributed by atoms with Crippen molar-refractivity contribution < 1.29 is 14.6 Å². The number of benzene rings is 1. The fourth-order valence-electron chi connectivity index (χ4n) is 1.81. The van der Waals surface area contributed by atoms with Crippen LogP contribution < -0.4 is 4.74 Å². The first-order valence-electron chi connectivity index (χ1n) is 5.32. The molecule has 1 aromatic carbocycles. The van der Waals surface area contributed by atoms with Crippen LogP contribution in [0.3, 0.4) is 0 Å². The highest BCUT2D eigenvalue weighted by Gasteiger charge is 2.17. The smallest absolute Gasteiger partial charge is 0.335 e. The number of allylic oxidation sites excluding steroid dienone is 1. The lowest BCUT2D eigenvalue weighted by atomic mass is 10.0. The van der Waals surface area contributed by atoms with E-state index in [9.17, 15) is 4.79 Å². The van der Waals surface area contributed by atoms with Gasteiger partial charge in [0.15, 0.2) is 0 Å². The zero-order chi connectivity index (χ0) is 12.6. The molecule has 0 bridgehead atoms. The molecule has 0 saturated heterocycles. The zero-order valence-corrected chi connectivity index (χ0v) is 11.3. The van der Waals surface area contributed by atoms with Gasteiger partial charge in [-0.3, -0.25) is 0 Å². The molecular formula is C13H13BrO3. The number of carboxylic acids is 1. The van der Waals surface area contributed by atoms with Crippen molar-refractivity contribution in [3.8, 4) is 5.75 Å². The number of fused-ring (bicyclic) bond motifs is 1. The van der Waals surface area contributed by atoms with Gasteiger partial charge in [0.1, 0.15) is 12.4 Å². The molecule has 90 valence electrons. The lowest BCUT2D eigenvalue weighted by Gasteiger charge is -2.10. The average molecular weight is 297 g/mol. The highest BCUT2D eigenvalue weighted by molar-refractivity contribution is 9.10. The van der Waals surface area contributed by atoms with Crippen LogP contribution in [0.4, 0.5) is 0 Å². The number of carboxylic acid groups (broad SMARTS) is 1. The van der Waals surface area contributed by atoms with Crippen molar-refractivity contribution in [2.45, 2.75) is 20.3 Å². The predicted molar refractivity (Wildman–Crippen MR) is 68.7 cm³/mol. The van der Waals surface area contributed by atoms with Crippen LogP contribution >= 0.6 is 15.9 Å². The fraction of sp³-hybridized carbons (Fsp3) is 0.308. The maximum Gasteiger partial charge on any atom is 0.335 e. The summed E-state index contributed by atoms with van der Waals surface area (Å²) in [5.74, 6) is -0.165. The summed E-state index contributed by atoms with van der Waals surface area (Å²) in [4.78, 5) is 11.0. The Hall–Kier alpha value is -1.29. The summed E-state index contributed by atoms with van der Waals surface area (Å²) in [5, 5.41) is 9.03. The summed E-state index contributed by atoms with van der Waals surface area (Å²) < 4.78 is 6.40. The lowest BCUT2D eigenvalue weighted by Crippen LogP contribution is -2.02. The number of hydrogen-bond acceptors (Lipinski definition) is 2. The molecule has 17 heavy (non-hydrogen) atoms. The molecule has 1 heterocycles. The van der Waals surface area contributed by atoms with Crippen molar-refractivity contribution in [2.24, 2.45) is 0 Å². The van der Waals surface area contributed by atoms with Crippen LogP contribution in [0.15, 0.2) is 27.8 Å². The molecule has 1 aromatic rings. The van der Waals surface area contributed by atoms with E-state index in [1.807, 2.05) is 6.92 Å². The van der Waals surface area contributed by atoms with Gasteiger partial charge in [-0.05, 0) is 53.9 Å². The molecule has 0 aromatic heterocycles. The van der Waals surface area contributed by atoms with Gasteiger partial charge in [-0.1, -0.05) is 5.57 Å². The predicted octanol–water partition coefficient (Wildman–Crippen LogP) is 3.42. The Labute approximate surface area is 108 Å². The van der Waals surface area contributed by atoms with Crippen LogP contribution in [-0.2, 0) is 6.42 Å². The van der Waals surface area contributed by atoms with Crippen LogP contribution in [0, 0.1) is 0 Å². The van der Waals surface area contributed by atoms with Crippen LogP contribution in [0.1, 0.15) is 29.8 Å². The molecule has 1 aliphatic rings. The van der Waals surface area contributed by atoms with E-state index in [0.717, 1.165) is 17.7 Å². The second kappa shape index (κ2) is 4.53. The topological polar surface area (TPSA) is 46.5 Å². The summed E-state index contributed by atoms with van der Waals surface area (Å²) in [6, 6.07) is 3.27. The number of rotatable bonds is 1. The van der Waals surface area contributed by atoms with Crippen LogP contribution in [0.25, 0.3) is 0 Å². The van der Waals surface area contributed by atoms with Crippen molar-refractivity contribution in [3.63, 3.8) is 0 Å². The van der Waals surface area contributed by atoms with Crippen molar-refractivity contribution in [2.75, 3.05) is 6.61 Å². The third-order valence-electron chi connectivity index (χ3n) is 2.98. The molecule has 0 radical (unpaired) electrons. The van der Waals surface area contributed by atoms with Gasteiger partial charge in [-0.2, -0.15) is 0 Å². The maximum absolute atomic E-state index is 11.0. The molecule has 1 aliphatic heterocycles. The number of ether oxygens (including phenoxy) is 1. The lowest BCUT2D eigenvalue weighted by molar-refractivity contribution is 0.0696. The highest BCUT2D eigenvalue weighted by atomic mass is 79.9. The minimum atomic E-state index is -0.920. The Bertz CT molecular complexity index is 518. The van der Waals surface area contributed by atoms with Gasteiger partial charge in [0, 0.05) is 5.56 Å². The molecule has 0 saturated carbocycles. The standard InChI is InChI=1S/C13H13BrO3/c1-7-3-9-4-10(13(15)16)5-11(14)12(9)17-6-8(7)2/h4-5H,3,6H2,1-2H3,(H,15,16). The number of carbonyl (C=O) groups is 1. The van der Waals surface area contributed by atoms with E-state index in [2.05, 4.69) is 22.9 Å². The van der Waals surface area contributed by atoms with E-state index in [4.69, 9.17) is 9.84 Å². The van der Waals surface area contributed by atoms with Crippen molar-refractivity contribution in [3.05, 3.63) is 38.9 Å². The van der Waals surface area contributed by atoms with E-state index >= 15 is 0 Å². The molecule has 3 nitrogen and oxygen atoms in total. The monoisotopic (exact) mass is 296 g/mol. The van der Waals surface area contributed by atoms with Crippen LogP contribution in [-0.4, -0.2) is 17.7 Å². The van der Waals surface area contributed by atoms with Crippen LogP contribution in [0.5, 0.6) is 5.75 Å². The second-order valence-corrected chi connectivity index (χ2v) is 5.13. The maximum atomic E-state index is 11.0. The number of aromatic carboxylic acids is 1. The first-order chi connectivity index (χ1) is 7.99. The third-order valence-corrected chi connectivity index (χ3v) is 3.57. The number of hydrogen-bond donors (Lipinski definition) is 1. The van der Waals surface area contributed by atoms with E-state index < -0.39 is 5.97 Å². The first kappa shape index (κ1) is 12.2. The quantitative estimate of drug-likeness (QED) is 0.808. The molecule has 0 aliphatic carbocycles. The Morgan fingerprint density at radius 3 is 2.71 bits per heavy atom. The minimum absolute atomic E-state index is 0.284. The second-order valence-electron chi connectivity index (χ2n) is 4.28. The summed E-state index contributed by atoms with van der Waals surface area (Å²) in [6.45, 7) is 4.65. The van der Waals surface area contributed by atoms with E-state index in [1.165, 1.54) is 11.1 Å². The summed E-state index contributed by atoms with van der Waals surface area (Å²) in [6.07, 6.45) is 0.737. The Balaban J connectivity index is 2.53. The molecule has 0 fully saturated rings. The van der Waals surface area contributed by atoms with Gasteiger partial charge in [-0.15, -0.1) is 0 Å². The summed E-state index contributed by atoms with van der Waals surface area (Å²) in [5.41, 5.74) is 3.64. The minimum Gasteiger partial charge on any atom is -0.488 e. The molecule has 1 N–H and O–H groups in total. The molecule has 0 atom stereocenters. The fourth-order valence-corrected chi connectivity index (χ4v) is 2.42. The van der Waals surface area contributed by atoms with Gasteiger partial charge in [0.25, 0.3) is 0 Å². The van der Waals surface area contributed by atoms with Gasteiger partial charge >= 0.3 is 5.97 Å². The van der Waals surface area contributed by atoms with Gasteiger partial charge in [-0.25, -0.2) is 4.79 Å². The Morgan fingerprint density at radius 2 is 2.06 bits per heavy atom. The normalized spacial score (nSPS) is 15.0. The van der Waals surface area contributed by atoms with E-state index in [1.54, 1.807) is 12.1 Å². The van der Waals surface area contributed by atoms with Crippen molar-refractivity contribution in [1.82, 2.24) is 0 Å². The Kier molecular flexibility index (Phi) is 3.24. The molecule has 2 rings (SSSR count). The van der Waals surface area contributed by atoms with Crippen molar-refractivity contribution >= 4 is 21.9 Å². The van der Waals surface area contributed by atoms with E-state index in [0.29, 0.717) is 11.1 Å². The average Bonchev–Trinajstić information content (AvgIpc) is 2.39. The number of halogens is 1. The summed E-state index contributed by atoms with van der Waals surface area (Å²) >= 11 is 3.37. The molecule has 0 amide bonds. The van der Waals surface area contributed by atoms with Gasteiger partial charge in [0.2, 0.25) is 0 Å². The zero-order valence-electron chi connectivity index (χ0n) is 9.71. The SMILES string of the molecule is CC1=C(C)Cc2cc(C(=O)O)cc(Br)c2OC1. The highest BCUT2D eigenvalue weighted by Crippen LogP contribution is 2.35. The first-order valence-corrected chi connectivity index (χ1v) is 6.12. The Morgan fingerprint density at radius 1 is 1.35 bits per heavy atom. The third kappa shape index (κ3) is 2.36.